The van der Waals surface area contributed by atoms with Gasteiger partial charge in [0, 0.05) is 24.7 Å². The number of sulfone groups is 1. The Labute approximate surface area is 161 Å². The maximum atomic E-state index is 13.1. The second kappa shape index (κ2) is 7.43. The molecule has 150 valence electrons. The Morgan fingerprint density at radius 1 is 1.33 bits per heavy atom. The molecule has 0 N–H and O–H groups in total. The number of anilines is 1. The summed E-state index contributed by atoms with van der Waals surface area (Å²) in [6, 6.07) is 4.82. The lowest BCUT2D eigenvalue weighted by Gasteiger charge is -2.31. The lowest BCUT2D eigenvalue weighted by Crippen LogP contribution is -2.41. The second-order valence-corrected chi connectivity index (χ2v) is 11.5. The van der Waals surface area contributed by atoms with Gasteiger partial charge in [0.05, 0.1) is 23.4 Å². The Hall–Kier alpha value is -1.61. The molecular formula is C18H26N2O5S2. The van der Waals surface area contributed by atoms with Crippen LogP contribution >= 0.6 is 0 Å². The van der Waals surface area contributed by atoms with E-state index in [1.54, 1.807) is 23.1 Å². The van der Waals surface area contributed by atoms with Crippen LogP contribution in [0.3, 0.4) is 0 Å². The number of hydrogen-bond donors (Lipinski definition) is 0. The van der Waals surface area contributed by atoms with Crippen molar-refractivity contribution < 1.29 is 21.6 Å². The molecule has 0 aromatic heterocycles. The fourth-order valence-corrected chi connectivity index (χ4v) is 6.64. The van der Waals surface area contributed by atoms with Gasteiger partial charge in [0.2, 0.25) is 10.0 Å². The van der Waals surface area contributed by atoms with Gasteiger partial charge in [-0.05, 0) is 49.4 Å². The van der Waals surface area contributed by atoms with Crippen LogP contribution in [0.4, 0.5) is 5.69 Å². The molecule has 0 radical (unpaired) electrons. The second-order valence-electron chi connectivity index (χ2n) is 7.34. The predicted octanol–water partition coefficient (Wildman–Crippen LogP) is 1.44. The molecule has 1 atom stereocenters. The van der Waals surface area contributed by atoms with Crippen molar-refractivity contribution in [1.29, 1.82) is 0 Å². The van der Waals surface area contributed by atoms with Crippen LogP contribution in [0.25, 0.3) is 0 Å². The van der Waals surface area contributed by atoms with Crippen molar-refractivity contribution in [3.8, 4) is 0 Å². The number of aryl methyl sites for hydroxylation is 1. The first kappa shape index (κ1) is 20.1. The summed E-state index contributed by atoms with van der Waals surface area (Å²) in [6.45, 7) is 2.91. The van der Waals surface area contributed by atoms with Crippen molar-refractivity contribution in [1.82, 2.24) is 4.90 Å². The summed E-state index contributed by atoms with van der Waals surface area (Å²) in [5.74, 6) is -0.0391. The molecule has 3 rings (SSSR count). The monoisotopic (exact) mass is 414 g/mol. The zero-order valence-corrected chi connectivity index (χ0v) is 17.4. The van der Waals surface area contributed by atoms with Crippen molar-refractivity contribution in [2.75, 3.05) is 35.2 Å². The van der Waals surface area contributed by atoms with Crippen LogP contribution in [-0.4, -0.2) is 64.5 Å². The number of sulfonamides is 1. The molecule has 9 heteroatoms. The van der Waals surface area contributed by atoms with E-state index in [0.29, 0.717) is 43.6 Å². The first-order valence-corrected chi connectivity index (χ1v) is 12.9. The van der Waals surface area contributed by atoms with E-state index in [1.807, 2.05) is 6.92 Å². The third-order valence-corrected chi connectivity index (χ3v) is 8.11. The van der Waals surface area contributed by atoms with Crippen LogP contribution in [0, 0.1) is 0 Å². The summed E-state index contributed by atoms with van der Waals surface area (Å²) in [5.41, 5.74) is 1.96. The number of benzene rings is 1. The molecule has 0 saturated carbocycles. The molecule has 1 saturated heterocycles. The summed E-state index contributed by atoms with van der Waals surface area (Å²) in [4.78, 5) is 14.8. The van der Waals surface area contributed by atoms with E-state index in [9.17, 15) is 21.6 Å². The minimum Gasteiger partial charge on any atom is -0.335 e. The summed E-state index contributed by atoms with van der Waals surface area (Å²) in [6.07, 6.45) is 3.83. The molecule has 1 aromatic carbocycles. The third kappa shape index (κ3) is 4.29. The third-order valence-electron chi connectivity index (χ3n) is 5.18. The Balaban J connectivity index is 1.90. The Morgan fingerprint density at radius 3 is 2.67 bits per heavy atom. The predicted molar refractivity (Wildman–Crippen MR) is 105 cm³/mol. The molecule has 0 bridgehead atoms. The topological polar surface area (TPSA) is 91.8 Å². The van der Waals surface area contributed by atoms with Gasteiger partial charge in [0.25, 0.3) is 5.91 Å². The minimum atomic E-state index is -3.35. The summed E-state index contributed by atoms with van der Waals surface area (Å²) in [5, 5.41) is 0. The average Bonchev–Trinajstić information content (AvgIpc) is 2.96. The van der Waals surface area contributed by atoms with Gasteiger partial charge in [-0.15, -0.1) is 0 Å². The van der Waals surface area contributed by atoms with E-state index in [-0.39, 0.29) is 23.5 Å². The fourth-order valence-electron chi connectivity index (χ4n) is 3.92. The van der Waals surface area contributed by atoms with Crippen molar-refractivity contribution in [2.45, 2.75) is 38.6 Å². The van der Waals surface area contributed by atoms with Crippen LogP contribution in [-0.2, 0) is 26.3 Å². The molecule has 7 nitrogen and oxygen atoms in total. The first-order chi connectivity index (χ1) is 12.6. The number of amides is 1. The fraction of sp³-hybridized carbons (Fsp3) is 0.611. The van der Waals surface area contributed by atoms with Crippen molar-refractivity contribution in [2.24, 2.45) is 0 Å². The molecule has 2 aliphatic rings. The number of carbonyl (C=O) groups excluding carboxylic acids is 1. The molecule has 0 unspecified atom stereocenters. The molecule has 1 aromatic rings. The highest BCUT2D eigenvalue weighted by Gasteiger charge is 2.35. The van der Waals surface area contributed by atoms with E-state index < -0.39 is 19.9 Å². The molecule has 0 aliphatic carbocycles. The van der Waals surface area contributed by atoms with Crippen LogP contribution in [0.1, 0.15) is 42.1 Å². The first-order valence-electron chi connectivity index (χ1n) is 9.24. The molecule has 27 heavy (non-hydrogen) atoms. The number of rotatable bonds is 5. The van der Waals surface area contributed by atoms with Gasteiger partial charge in [-0.25, -0.2) is 16.8 Å². The van der Waals surface area contributed by atoms with Crippen molar-refractivity contribution >= 4 is 31.5 Å². The van der Waals surface area contributed by atoms with Crippen LogP contribution in [0.5, 0.6) is 0 Å². The SMILES string of the molecule is CCCN(C(=O)c1ccc2c(c1)CCCN2S(C)(=O)=O)[C@H]1CCS(=O)(=O)C1. The summed E-state index contributed by atoms with van der Waals surface area (Å²) in [7, 11) is -6.43. The highest BCUT2D eigenvalue weighted by Crippen LogP contribution is 2.31. The van der Waals surface area contributed by atoms with Gasteiger partial charge < -0.3 is 4.90 Å². The van der Waals surface area contributed by atoms with E-state index in [2.05, 4.69) is 0 Å². The average molecular weight is 415 g/mol. The maximum absolute atomic E-state index is 13.1. The number of carbonyl (C=O) groups is 1. The van der Waals surface area contributed by atoms with Gasteiger partial charge >= 0.3 is 0 Å². The molecule has 2 heterocycles. The summed E-state index contributed by atoms with van der Waals surface area (Å²) < 4.78 is 49.0. The van der Waals surface area contributed by atoms with Gasteiger partial charge in [-0.2, -0.15) is 0 Å². The van der Waals surface area contributed by atoms with Gasteiger partial charge in [0.1, 0.15) is 0 Å². The normalized spacial score (nSPS) is 21.7. The quantitative estimate of drug-likeness (QED) is 0.727. The number of hydrogen-bond acceptors (Lipinski definition) is 5. The zero-order chi connectivity index (χ0) is 19.8. The standard InChI is InChI=1S/C18H26N2O5S2/c1-3-9-19(16-8-11-27(24,25)13-16)18(21)15-6-7-17-14(12-15)5-4-10-20(17)26(2,22)23/h6-7,12,16H,3-5,8-11,13H2,1-2H3/t16-/m0/s1. The highest BCUT2D eigenvalue weighted by atomic mass is 32.2. The van der Waals surface area contributed by atoms with Crippen LogP contribution in [0.2, 0.25) is 0 Å². The number of nitrogens with zero attached hydrogens (tertiary/aromatic N) is 2. The van der Waals surface area contributed by atoms with Crippen LogP contribution < -0.4 is 4.31 Å². The van der Waals surface area contributed by atoms with Gasteiger partial charge in [0.15, 0.2) is 9.84 Å². The zero-order valence-electron chi connectivity index (χ0n) is 15.7. The van der Waals surface area contributed by atoms with Crippen molar-refractivity contribution in [3.63, 3.8) is 0 Å². The Bertz CT molecular complexity index is 940. The molecule has 1 fully saturated rings. The largest absolute Gasteiger partial charge is 0.335 e. The lowest BCUT2D eigenvalue weighted by atomic mass is 10.00. The van der Waals surface area contributed by atoms with Crippen molar-refractivity contribution in [3.05, 3.63) is 29.3 Å². The maximum Gasteiger partial charge on any atom is 0.254 e. The number of fused-ring (bicyclic) bond motifs is 1. The van der Waals surface area contributed by atoms with E-state index in [4.69, 9.17) is 0 Å². The Kier molecular flexibility index (Phi) is 5.54. The Morgan fingerprint density at radius 2 is 2.07 bits per heavy atom. The van der Waals surface area contributed by atoms with Gasteiger partial charge in [-0.3, -0.25) is 9.10 Å². The minimum absolute atomic E-state index is 0.0194. The van der Waals surface area contributed by atoms with Crippen LogP contribution in [0.15, 0.2) is 18.2 Å². The molecular weight excluding hydrogens is 388 g/mol. The van der Waals surface area contributed by atoms with E-state index in [0.717, 1.165) is 12.0 Å². The lowest BCUT2D eigenvalue weighted by molar-refractivity contribution is 0.0697. The highest BCUT2D eigenvalue weighted by molar-refractivity contribution is 7.92. The van der Waals surface area contributed by atoms with Gasteiger partial charge in [-0.1, -0.05) is 6.92 Å². The van der Waals surface area contributed by atoms with E-state index in [1.165, 1.54) is 10.6 Å². The summed E-state index contributed by atoms with van der Waals surface area (Å²) >= 11 is 0. The molecule has 1 amide bonds. The molecule has 0 spiro atoms. The van der Waals surface area contributed by atoms with E-state index >= 15 is 0 Å². The molecule has 2 aliphatic heterocycles. The smallest absolute Gasteiger partial charge is 0.254 e.